The maximum atomic E-state index is 2.45. The van der Waals surface area contributed by atoms with E-state index in [-0.39, 0.29) is 0 Å². The number of thiophene rings is 1. The van der Waals surface area contributed by atoms with Gasteiger partial charge in [0.25, 0.3) is 0 Å². The molecule has 0 N–H and O–H groups in total. The van der Waals surface area contributed by atoms with Gasteiger partial charge in [-0.15, -0.1) is 11.3 Å². The van der Waals surface area contributed by atoms with Crippen LogP contribution in [0.25, 0.3) is 92.2 Å². The Morgan fingerprint density at radius 2 is 0.800 bits per heavy atom. The van der Waals surface area contributed by atoms with Gasteiger partial charge >= 0.3 is 0 Å². The van der Waals surface area contributed by atoms with Crippen molar-refractivity contribution < 1.29 is 0 Å². The van der Waals surface area contributed by atoms with E-state index in [0.29, 0.717) is 0 Å². The van der Waals surface area contributed by atoms with E-state index in [0.717, 1.165) is 17.1 Å². The standard InChI is InChI=1S/C62H38N2S/c1-2-14-41(15-3-1)64-57-24-12-10-19-49(57)54-36-40(28-34-58(54)64)39-26-29-42(30-27-39)63(44-32-35-60-55(37-44)50-20-11-13-25-59(50)65-60)43-31-33-48-47-18-6-9-23-53(47)62(56(48)38-43)61-51-21-7-4-16-45(51)46-17-5-8-22-52(46)61/h1-38H. The van der Waals surface area contributed by atoms with Gasteiger partial charge in [0.1, 0.15) is 0 Å². The van der Waals surface area contributed by atoms with Crippen molar-refractivity contribution in [1.82, 2.24) is 4.57 Å². The van der Waals surface area contributed by atoms with Crippen molar-refractivity contribution in [2.24, 2.45) is 0 Å². The van der Waals surface area contributed by atoms with Crippen LogP contribution in [0.4, 0.5) is 17.1 Å². The highest BCUT2D eigenvalue weighted by Crippen LogP contribution is 2.55. The molecule has 0 fully saturated rings. The van der Waals surface area contributed by atoms with Gasteiger partial charge < -0.3 is 9.47 Å². The first-order valence-corrected chi connectivity index (χ1v) is 23.1. The Balaban J connectivity index is 0.948. The first kappa shape index (κ1) is 36.3. The Labute approximate surface area is 380 Å². The molecule has 0 bridgehead atoms. The van der Waals surface area contributed by atoms with Gasteiger partial charge in [0.15, 0.2) is 0 Å². The molecule has 0 amide bonds. The first-order chi connectivity index (χ1) is 32.2. The number of nitrogens with zero attached hydrogens (tertiary/aromatic N) is 2. The fourth-order valence-electron chi connectivity index (χ4n) is 10.9. The summed E-state index contributed by atoms with van der Waals surface area (Å²) in [5.41, 5.74) is 22.2. The van der Waals surface area contributed by atoms with Crippen molar-refractivity contribution in [3.63, 3.8) is 0 Å². The molecule has 0 aliphatic heterocycles. The lowest BCUT2D eigenvalue weighted by Gasteiger charge is -2.27. The third-order valence-corrected chi connectivity index (χ3v) is 14.9. The fourth-order valence-corrected chi connectivity index (χ4v) is 11.9. The van der Waals surface area contributed by atoms with Gasteiger partial charge in [-0.3, -0.25) is 0 Å². The summed E-state index contributed by atoms with van der Waals surface area (Å²) in [6.45, 7) is 0. The number of rotatable bonds is 5. The molecule has 2 heterocycles. The Bertz CT molecular complexity index is 3890. The van der Waals surface area contributed by atoms with Crippen LogP contribution in [-0.2, 0) is 0 Å². The van der Waals surface area contributed by atoms with Crippen LogP contribution >= 0.6 is 11.3 Å². The number of benzene rings is 10. The molecule has 14 rings (SSSR count). The minimum atomic E-state index is 1.11. The molecular weight excluding hydrogens is 805 g/mol. The molecule has 12 aromatic rings. The van der Waals surface area contributed by atoms with Gasteiger partial charge in [0, 0.05) is 53.7 Å². The Morgan fingerprint density at radius 1 is 0.292 bits per heavy atom. The summed E-state index contributed by atoms with van der Waals surface area (Å²) in [4.78, 5) is 2.45. The van der Waals surface area contributed by atoms with E-state index in [9.17, 15) is 0 Å². The highest BCUT2D eigenvalue weighted by atomic mass is 32.1. The van der Waals surface area contributed by atoms with Crippen LogP contribution in [0.5, 0.6) is 0 Å². The van der Waals surface area contributed by atoms with Gasteiger partial charge in [-0.2, -0.15) is 0 Å². The van der Waals surface area contributed by atoms with E-state index < -0.39 is 0 Å². The molecule has 2 aromatic heterocycles. The third-order valence-electron chi connectivity index (χ3n) is 13.7. The zero-order valence-corrected chi connectivity index (χ0v) is 36.1. The van der Waals surface area contributed by atoms with E-state index in [2.05, 4.69) is 240 Å². The fraction of sp³-hybridized carbons (Fsp3) is 0. The lowest BCUT2D eigenvalue weighted by molar-refractivity contribution is 1.18. The number of aromatic nitrogens is 1. The van der Waals surface area contributed by atoms with Crippen LogP contribution in [0.2, 0.25) is 0 Å². The molecular formula is C62H38N2S. The molecule has 302 valence electrons. The zero-order valence-electron chi connectivity index (χ0n) is 35.2. The number of anilines is 3. The summed E-state index contributed by atoms with van der Waals surface area (Å²) in [5, 5.41) is 5.08. The number of hydrogen-bond donors (Lipinski definition) is 0. The third kappa shape index (κ3) is 5.46. The summed E-state index contributed by atoms with van der Waals surface area (Å²) < 4.78 is 4.98. The van der Waals surface area contributed by atoms with E-state index >= 15 is 0 Å². The SMILES string of the molecule is c1ccc(-n2c3ccccc3c3cc(-c4ccc(N(c5ccc6c(c5)C(=C5c7ccccc7-c7ccccc75)c5ccccc5-6)c5ccc6sc7ccccc7c6c5)cc4)ccc32)cc1. The number of para-hydroxylation sites is 2. The summed E-state index contributed by atoms with van der Waals surface area (Å²) >= 11 is 1.86. The summed E-state index contributed by atoms with van der Waals surface area (Å²) in [7, 11) is 0. The molecule has 2 nitrogen and oxygen atoms in total. The predicted molar refractivity (Wildman–Crippen MR) is 276 cm³/mol. The molecule has 0 spiro atoms. The topological polar surface area (TPSA) is 8.17 Å². The molecule has 0 atom stereocenters. The van der Waals surface area contributed by atoms with E-state index in [1.807, 2.05) is 11.3 Å². The van der Waals surface area contributed by atoms with Crippen LogP contribution < -0.4 is 4.90 Å². The Kier molecular flexibility index (Phi) is 7.89. The largest absolute Gasteiger partial charge is 0.310 e. The van der Waals surface area contributed by atoms with Crippen LogP contribution in [0.3, 0.4) is 0 Å². The van der Waals surface area contributed by atoms with E-state index in [1.54, 1.807) is 0 Å². The average Bonchev–Trinajstić information content (AvgIpc) is 4.10. The minimum absolute atomic E-state index is 1.11. The second-order valence-corrected chi connectivity index (χ2v) is 18.3. The van der Waals surface area contributed by atoms with Crippen molar-refractivity contribution in [1.29, 1.82) is 0 Å². The number of fused-ring (bicyclic) bond motifs is 12. The summed E-state index contributed by atoms with van der Waals surface area (Å²) in [5.74, 6) is 0. The van der Waals surface area contributed by atoms with Crippen LogP contribution in [0.15, 0.2) is 231 Å². The maximum absolute atomic E-state index is 2.45. The van der Waals surface area contributed by atoms with Crippen molar-refractivity contribution in [2.75, 3.05) is 4.90 Å². The van der Waals surface area contributed by atoms with Crippen molar-refractivity contribution in [2.45, 2.75) is 0 Å². The molecule has 0 saturated heterocycles. The molecule has 0 saturated carbocycles. The summed E-state index contributed by atoms with van der Waals surface area (Å²) in [6, 6.07) is 85.2. The normalized spacial score (nSPS) is 12.6. The quantitative estimate of drug-likeness (QED) is 0.168. The lowest BCUT2D eigenvalue weighted by Crippen LogP contribution is -2.10. The van der Waals surface area contributed by atoms with Gasteiger partial charge in [0.2, 0.25) is 0 Å². The minimum Gasteiger partial charge on any atom is -0.310 e. The molecule has 0 radical (unpaired) electrons. The predicted octanol–water partition coefficient (Wildman–Crippen LogP) is 17.3. The first-order valence-electron chi connectivity index (χ1n) is 22.3. The zero-order chi connectivity index (χ0) is 42.6. The molecule has 2 aliphatic rings. The van der Waals surface area contributed by atoms with Crippen LogP contribution in [0.1, 0.15) is 22.3 Å². The monoisotopic (exact) mass is 842 g/mol. The average molecular weight is 843 g/mol. The van der Waals surface area contributed by atoms with Gasteiger partial charge in [-0.05, 0) is 146 Å². The second-order valence-electron chi connectivity index (χ2n) is 17.2. The van der Waals surface area contributed by atoms with Crippen molar-refractivity contribution >= 4 is 81.5 Å². The van der Waals surface area contributed by atoms with Crippen molar-refractivity contribution in [3.8, 4) is 39.1 Å². The van der Waals surface area contributed by atoms with Crippen LogP contribution in [-0.4, -0.2) is 4.57 Å². The molecule has 65 heavy (non-hydrogen) atoms. The number of hydrogen-bond acceptors (Lipinski definition) is 2. The maximum Gasteiger partial charge on any atom is 0.0541 e. The van der Waals surface area contributed by atoms with E-state index in [1.165, 1.54) is 114 Å². The van der Waals surface area contributed by atoms with E-state index in [4.69, 9.17) is 0 Å². The highest BCUT2D eigenvalue weighted by Gasteiger charge is 2.33. The van der Waals surface area contributed by atoms with Crippen molar-refractivity contribution in [3.05, 3.63) is 253 Å². The van der Waals surface area contributed by atoms with Crippen LogP contribution in [0, 0.1) is 0 Å². The summed E-state index contributed by atoms with van der Waals surface area (Å²) in [6.07, 6.45) is 0. The molecule has 0 unspecified atom stereocenters. The van der Waals surface area contributed by atoms with Gasteiger partial charge in [-0.25, -0.2) is 0 Å². The Hall–Kier alpha value is -8.24. The van der Waals surface area contributed by atoms with Gasteiger partial charge in [-0.1, -0.05) is 152 Å². The molecule has 10 aromatic carbocycles. The highest BCUT2D eigenvalue weighted by molar-refractivity contribution is 7.25. The second kappa shape index (κ2) is 14.1. The lowest BCUT2D eigenvalue weighted by atomic mass is 9.91. The van der Waals surface area contributed by atoms with Gasteiger partial charge in [0.05, 0.1) is 11.0 Å². The molecule has 3 heteroatoms. The Morgan fingerprint density at radius 3 is 1.52 bits per heavy atom. The smallest absolute Gasteiger partial charge is 0.0541 e. The molecule has 2 aliphatic carbocycles.